The Kier molecular flexibility index (Phi) is 5.67. The second kappa shape index (κ2) is 8.59. The molecule has 4 heterocycles. The lowest BCUT2D eigenvalue weighted by Crippen LogP contribution is -2.46. The summed E-state index contributed by atoms with van der Waals surface area (Å²) in [4.78, 5) is 30.3. The molecule has 0 bridgehead atoms. The third kappa shape index (κ3) is 4.19. The molecule has 0 amide bonds. The maximum Gasteiger partial charge on any atom is 0.260 e. The number of nitrogens with one attached hydrogen (secondary N) is 1. The molecule has 0 atom stereocenters. The fourth-order valence-corrected chi connectivity index (χ4v) is 5.16. The monoisotopic (exact) mass is 471 g/mol. The molecule has 0 aliphatic carbocycles. The van der Waals surface area contributed by atoms with Crippen LogP contribution in [0.5, 0.6) is 0 Å². The Morgan fingerprint density at radius 2 is 1.84 bits per heavy atom. The summed E-state index contributed by atoms with van der Waals surface area (Å²) in [5, 5.41) is 3.81. The summed E-state index contributed by atoms with van der Waals surface area (Å²) in [5.41, 5.74) is 1.55. The van der Waals surface area contributed by atoms with Crippen LogP contribution in [-0.4, -0.2) is 46.0 Å². The summed E-state index contributed by atoms with van der Waals surface area (Å²) < 4.78 is 0. The number of hydrogen-bond acceptors (Lipinski definition) is 6. The summed E-state index contributed by atoms with van der Waals surface area (Å²) >= 11 is 13.7. The highest BCUT2D eigenvalue weighted by Crippen LogP contribution is 2.34. The van der Waals surface area contributed by atoms with Gasteiger partial charge in [-0.05, 0) is 18.2 Å². The molecule has 1 fully saturated rings. The number of aromatic nitrogens is 3. The minimum absolute atomic E-state index is 0.125. The first kappa shape index (κ1) is 20.5. The van der Waals surface area contributed by atoms with Gasteiger partial charge in [0.2, 0.25) is 0 Å². The van der Waals surface area contributed by atoms with E-state index in [9.17, 15) is 4.79 Å². The second-order valence-electron chi connectivity index (χ2n) is 7.42. The Morgan fingerprint density at radius 1 is 1.03 bits per heavy atom. The maximum absolute atomic E-state index is 12.9. The van der Waals surface area contributed by atoms with E-state index in [4.69, 9.17) is 28.2 Å². The van der Waals surface area contributed by atoms with E-state index >= 15 is 0 Å². The fraction of sp³-hybridized carbons (Fsp3) is 0.227. The predicted molar refractivity (Wildman–Crippen MR) is 127 cm³/mol. The number of rotatable bonds is 4. The van der Waals surface area contributed by atoms with Crippen LogP contribution >= 0.6 is 34.5 Å². The zero-order valence-corrected chi connectivity index (χ0v) is 18.8. The van der Waals surface area contributed by atoms with Crippen LogP contribution in [0.1, 0.15) is 5.82 Å². The van der Waals surface area contributed by atoms with E-state index in [-0.39, 0.29) is 5.56 Å². The van der Waals surface area contributed by atoms with Crippen molar-refractivity contribution in [2.24, 2.45) is 0 Å². The first-order chi connectivity index (χ1) is 15.1. The molecule has 1 aromatic carbocycles. The number of halogens is 2. The number of hydrogen-bond donors (Lipinski definition) is 1. The molecule has 158 valence electrons. The quantitative estimate of drug-likeness (QED) is 0.468. The van der Waals surface area contributed by atoms with Gasteiger partial charge >= 0.3 is 0 Å². The predicted octanol–water partition coefficient (Wildman–Crippen LogP) is 4.68. The van der Waals surface area contributed by atoms with E-state index in [1.807, 2.05) is 41.8 Å². The summed E-state index contributed by atoms with van der Waals surface area (Å²) in [6.45, 7) is 4.04. The Balaban J connectivity index is 1.32. The largest absolute Gasteiger partial charge is 0.354 e. The van der Waals surface area contributed by atoms with Gasteiger partial charge in [-0.2, -0.15) is 0 Å². The van der Waals surface area contributed by atoms with Gasteiger partial charge in [-0.15, -0.1) is 11.3 Å². The molecule has 0 saturated carbocycles. The van der Waals surface area contributed by atoms with Gasteiger partial charge in [0.15, 0.2) is 0 Å². The lowest BCUT2D eigenvalue weighted by Gasteiger charge is -2.35. The number of anilines is 1. The summed E-state index contributed by atoms with van der Waals surface area (Å²) in [6, 6.07) is 11.3. The SMILES string of the molecule is O=c1[nH]c(CN2CCN(c3ccc(Cl)cn3)CC2)nc2scc(-c3ccccc3Cl)c12. The van der Waals surface area contributed by atoms with Gasteiger partial charge in [0, 0.05) is 53.9 Å². The van der Waals surface area contributed by atoms with Crippen molar-refractivity contribution >= 4 is 50.6 Å². The molecule has 0 radical (unpaired) electrons. The standard InChI is InChI=1S/C22H19Cl2N5OS/c23-14-5-6-19(25-11-14)29-9-7-28(8-10-29)12-18-26-21(30)20-16(13-31-22(20)27-18)15-3-1-2-4-17(15)24/h1-6,11,13H,7-10,12H2,(H,26,27,30). The molecular weight excluding hydrogens is 453 g/mol. The number of fused-ring (bicyclic) bond motifs is 1. The summed E-state index contributed by atoms with van der Waals surface area (Å²) in [6.07, 6.45) is 1.67. The Labute approximate surface area is 193 Å². The number of benzene rings is 1. The molecule has 9 heteroatoms. The van der Waals surface area contributed by atoms with Gasteiger partial charge < -0.3 is 9.88 Å². The first-order valence-electron chi connectivity index (χ1n) is 9.92. The molecule has 31 heavy (non-hydrogen) atoms. The zero-order valence-electron chi connectivity index (χ0n) is 16.5. The van der Waals surface area contributed by atoms with Crippen molar-refractivity contribution in [2.45, 2.75) is 6.54 Å². The van der Waals surface area contributed by atoms with Crippen molar-refractivity contribution in [1.82, 2.24) is 19.9 Å². The molecule has 5 rings (SSSR count). The highest BCUT2D eigenvalue weighted by molar-refractivity contribution is 7.17. The Morgan fingerprint density at radius 3 is 2.58 bits per heavy atom. The molecule has 1 saturated heterocycles. The van der Waals surface area contributed by atoms with E-state index in [2.05, 4.69) is 19.8 Å². The van der Waals surface area contributed by atoms with E-state index in [1.165, 1.54) is 11.3 Å². The number of thiophene rings is 1. The lowest BCUT2D eigenvalue weighted by molar-refractivity contribution is 0.243. The summed E-state index contributed by atoms with van der Waals surface area (Å²) in [7, 11) is 0. The molecule has 6 nitrogen and oxygen atoms in total. The second-order valence-corrected chi connectivity index (χ2v) is 9.12. The highest BCUT2D eigenvalue weighted by Gasteiger charge is 2.20. The van der Waals surface area contributed by atoms with Crippen molar-refractivity contribution < 1.29 is 0 Å². The van der Waals surface area contributed by atoms with Crippen LogP contribution in [0.15, 0.2) is 52.8 Å². The number of pyridine rings is 1. The topological polar surface area (TPSA) is 65.1 Å². The molecule has 0 unspecified atom stereocenters. The van der Waals surface area contributed by atoms with Crippen LogP contribution in [-0.2, 0) is 6.54 Å². The van der Waals surface area contributed by atoms with Gasteiger partial charge in [0.25, 0.3) is 5.56 Å². The minimum Gasteiger partial charge on any atom is -0.354 e. The fourth-order valence-electron chi connectivity index (χ4n) is 3.85. The molecular formula is C22H19Cl2N5OS. The van der Waals surface area contributed by atoms with Gasteiger partial charge in [0.1, 0.15) is 16.5 Å². The Hall–Kier alpha value is -2.45. The van der Waals surface area contributed by atoms with E-state index < -0.39 is 0 Å². The lowest BCUT2D eigenvalue weighted by atomic mass is 10.1. The number of aromatic amines is 1. The van der Waals surface area contributed by atoms with Crippen molar-refractivity contribution in [3.8, 4) is 11.1 Å². The molecule has 1 aliphatic rings. The zero-order chi connectivity index (χ0) is 21.4. The Bertz CT molecular complexity index is 1280. The molecule has 0 spiro atoms. The van der Waals surface area contributed by atoms with E-state index in [0.29, 0.717) is 27.8 Å². The normalized spacial score (nSPS) is 15.0. The van der Waals surface area contributed by atoms with Crippen LogP contribution in [0, 0.1) is 0 Å². The molecule has 1 N–H and O–H groups in total. The van der Waals surface area contributed by atoms with Crippen LogP contribution in [0.2, 0.25) is 10.0 Å². The highest BCUT2D eigenvalue weighted by atomic mass is 35.5. The third-order valence-electron chi connectivity index (χ3n) is 5.44. The van der Waals surface area contributed by atoms with E-state index in [0.717, 1.165) is 48.0 Å². The van der Waals surface area contributed by atoms with Crippen LogP contribution < -0.4 is 10.5 Å². The third-order valence-corrected chi connectivity index (χ3v) is 6.86. The average molecular weight is 472 g/mol. The minimum atomic E-state index is -0.125. The number of H-pyrrole nitrogens is 1. The number of nitrogens with zero attached hydrogens (tertiary/aromatic N) is 4. The summed E-state index contributed by atoms with van der Waals surface area (Å²) in [5.74, 6) is 1.62. The van der Waals surface area contributed by atoms with Crippen molar-refractivity contribution in [2.75, 3.05) is 31.1 Å². The van der Waals surface area contributed by atoms with Gasteiger partial charge in [0.05, 0.1) is 17.0 Å². The first-order valence-corrected chi connectivity index (χ1v) is 11.6. The molecule has 4 aromatic rings. The van der Waals surface area contributed by atoms with Gasteiger partial charge in [-0.1, -0.05) is 41.4 Å². The molecule has 1 aliphatic heterocycles. The smallest absolute Gasteiger partial charge is 0.260 e. The molecule has 3 aromatic heterocycles. The van der Waals surface area contributed by atoms with Crippen molar-refractivity contribution in [3.63, 3.8) is 0 Å². The van der Waals surface area contributed by atoms with E-state index in [1.54, 1.807) is 6.20 Å². The van der Waals surface area contributed by atoms with Gasteiger partial charge in [-0.3, -0.25) is 9.69 Å². The average Bonchev–Trinajstić information content (AvgIpc) is 3.20. The van der Waals surface area contributed by atoms with Crippen LogP contribution in [0.25, 0.3) is 21.3 Å². The van der Waals surface area contributed by atoms with Gasteiger partial charge in [-0.25, -0.2) is 9.97 Å². The maximum atomic E-state index is 12.9. The number of piperazine rings is 1. The van der Waals surface area contributed by atoms with Crippen LogP contribution in [0.3, 0.4) is 0 Å². The van der Waals surface area contributed by atoms with Crippen LogP contribution in [0.4, 0.5) is 5.82 Å². The van der Waals surface area contributed by atoms with Crippen molar-refractivity contribution in [1.29, 1.82) is 0 Å². The van der Waals surface area contributed by atoms with Crippen molar-refractivity contribution in [3.05, 3.63) is 74.2 Å².